The number of allylic oxidation sites excluding steroid dienone is 1. The summed E-state index contributed by atoms with van der Waals surface area (Å²) in [5.41, 5.74) is 3.79. The van der Waals surface area contributed by atoms with Gasteiger partial charge in [-0.05, 0) is 30.5 Å². The molecule has 0 atom stereocenters. The normalized spacial score (nSPS) is 12.1. The van der Waals surface area contributed by atoms with E-state index in [-0.39, 0.29) is 23.1 Å². The van der Waals surface area contributed by atoms with Gasteiger partial charge in [0, 0.05) is 34.1 Å². The Morgan fingerprint density at radius 3 is 2.07 bits per heavy atom. The van der Waals surface area contributed by atoms with Crippen molar-refractivity contribution in [1.82, 2.24) is 0 Å². The molecule has 0 heterocycles. The molecule has 0 bridgehead atoms. The van der Waals surface area contributed by atoms with Crippen molar-refractivity contribution in [3.05, 3.63) is 90.7 Å². The average molecular weight is 400 g/mol. The molecule has 3 rings (SSSR count). The molecule has 1 aliphatic carbocycles. The first kappa shape index (κ1) is 26.6. The first-order chi connectivity index (χ1) is 12.8. The minimum absolute atomic E-state index is 0. The quantitative estimate of drug-likeness (QED) is 0.436. The fourth-order valence-corrected chi connectivity index (χ4v) is 2.63. The number of hydrogen-bond acceptors (Lipinski definition) is 2. The van der Waals surface area contributed by atoms with Crippen molar-refractivity contribution in [1.29, 1.82) is 0 Å². The Kier molecular flexibility index (Phi) is 15.4. The standard InChI is InChI=1S/C18H16O2.3CO.Cr/c1-20-17-9-5-3-7-14(17)12-15-11-10-13-6-2-4-8-16(13)18(15)19;3*1-2;/h2-9,12H,10-11H2,1H3;;;;/b15-12+;;;;. The zero-order valence-electron chi connectivity index (χ0n) is 14.6. The summed E-state index contributed by atoms with van der Waals surface area (Å²) < 4.78 is 27.8. The predicted octanol–water partition coefficient (Wildman–Crippen LogP) is 3.79. The fraction of sp³-hybridized carbons (Fsp3) is 0.143. The molecule has 0 fully saturated rings. The van der Waals surface area contributed by atoms with Crippen molar-refractivity contribution in [2.75, 3.05) is 7.11 Å². The number of para-hydroxylation sites is 1. The van der Waals surface area contributed by atoms with Crippen LogP contribution in [0.4, 0.5) is 0 Å². The van der Waals surface area contributed by atoms with Crippen LogP contribution in [0.3, 0.4) is 0 Å². The maximum absolute atomic E-state index is 12.5. The number of rotatable bonds is 2. The van der Waals surface area contributed by atoms with Crippen LogP contribution in [0.1, 0.15) is 27.9 Å². The van der Waals surface area contributed by atoms with Crippen molar-refractivity contribution in [2.24, 2.45) is 0 Å². The van der Waals surface area contributed by atoms with Crippen LogP contribution in [0.5, 0.6) is 5.75 Å². The number of methoxy groups -OCH3 is 1. The molecule has 2 aromatic carbocycles. The van der Waals surface area contributed by atoms with E-state index >= 15 is 0 Å². The molecule has 0 spiro atoms. The first-order valence-electron chi connectivity index (χ1n) is 7.37. The van der Waals surface area contributed by atoms with E-state index in [1.807, 2.05) is 54.6 Å². The van der Waals surface area contributed by atoms with Crippen molar-refractivity contribution in [2.45, 2.75) is 12.8 Å². The van der Waals surface area contributed by atoms with E-state index in [4.69, 9.17) is 18.7 Å². The van der Waals surface area contributed by atoms with E-state index in [1.165, 1.54) is 0 Å². The topological polar surface area (TPSA) is 86.0 Å². The van der Waals surface area contributed by atoms with Crippen LogP contribution in [0.2, 0.25) is 0 Å². The summed E-state index contributed by atoms with van der Waals surface area (Å²) in [4.78, 5) is 12.5. The molecular weight excluding hydrogens is 384 g/mol. The number of ether oxygens (including phenoxy) is 1. The Hall–Kier alpha value is -2.60. The van der Waals surface area contributed by atoms with E-state index in [0.717, 1.165) is 40.9 Å². The maximum atomic E-state index is 12.5. The second kappa shape index (κ2) is 15.6. The first-order valence-corrected chi connectivity index (χ1v) is 7.37. The van der Waals surface area contributed by atoms with Gasteiger partial charge in [-0.15, -0.1) is 0 Å². The molecule has 0 unspecified atom stereocenters. The Labute approximate surface area is 169 Å². The third-order valence-electron chi connectivity index (χ3n) is 3.69. The van der Waals surface area contributed by atoms with Gasteiger partial charge in [-0.25, -0.2) is 0 Å². The van der Waals surface area contributed by atoms with Gasteiger partial charge in [-0.1, -0.05) is 42.5 Å². The van der Waals surface area contributed by atoms with Crippen LogP contribution >= 0.6 is 0 Å². The van der Waals surface area contributed by atoms with Gasteiger partial charge in [0.05, 0.1) is 7.11 Å². The summed E-state index contributed by atoms with van der Waals surface area (Å²) in [5, 5.41) is 0. The second-order valence-electron chi connectivity index (χ2n) is 4.90. The molecule has 0 saturated heterocycles. The van der Waals surface area contributed by atoms with Gasteiger partial charge >= 0.3 is 33.9 Å². The zero-order valence-corrected chi connectivity index (χ0v) is 15.8. The van der Waals surface area contributed by atoms with Gasteiger partial charge in [0.2, 0.25) is 0 Å². The summed E-state index contributed by atoms with van der Waals surface area (Å²) in [6, 6.07) is 15.6. The third-order valence-corrected chi connectivity index (χ3v) is 3.69. The summed E-state index contributed by atoms with van der Waals surface area (Å²) in [6.45, 7) is 13.5. The smallest absolute Gasteiger partial charge is 0 e. The number of aryl methyl sites for hydroxylation is 1. The minimum atomic E-state index is 0. The second-order valence-corrected chi connectivity index (χ2v) is 4.90. The largest absolute Gasteiger partial charge is 0 e. The van der Waals surface area contributed by atoms with Gasteiger partial charge in [-0.3, -0.25) is 4.79 Å². The van der Waals surface area contributed by atoms with Crippen LogP contribution in [0.25, 0.3) is 6.08 Å². The summed E-state index contributed by atoms with van der Waals surface area (Å²) in [5.74, 6) is 0.935. The molecule has 0 radical (unpaired) electrons. The summed E-state index contributed by atoms with van der Waals surface area (Å²) in [6.07, 6.45) is 3.66. The molecule has 0 amide bonds. The number of carbonyl (C=O) groups excluding carboxylic acids is 1. The molecule has 1 aliphatic rings. The molecule has 27 heavy (non-hydrogen) atoms. The van der Waals surface area contributed by atoms with Crippen LogP contribution in [-0.2, 0) is 37.7 Å². The van der Waals surface area contributed by atoms with E-state index in [2.05, 4.69) is 20.0 Å². The SMILES string of the molecule is COc1ccccc1/C=C1\CCc2ccccc2C1=O.[C-]#[O+].[C-]#[O+].[C-]#[O+].[Cr]. The molecule has 5 nitrogen and oxygen atoms in total. The van der Waals surface area contributed by atoms with Crippen molar-refractivity contribution in [3.63, 3.8) is 0 Å². The fourth-order valence-electron chi connectivity index (χ4n) is 2.63. The van der Waals surface area contributed by atoms with Gasteiger partial charge < -0.3 is 4.74 Å². The van der Waals surface area contributed by atoms with Crippen molar-refractivity contribution < 1.29 is 40.8 Å². The third kappa shape index (κ3) is 7.27. The summed E-state index contributed by atoms with van der Waals surface area (Å²) >= 11 is 0. The van der Waals surface area contributed by atoms with Gasteiger partial charge in [0.1, 0.15) is 5.75 Å². The molecule has 136 valence electrons. The van der Waals surface area contributed by atoms with E-state index < -0.39 is 0 Å². The maximum Gasteiger partial charge on any atom is 0 e. The predicted molar refractivity (Wildman–Crippen MR) is 91.9 cm³/mol. The van der Waals surface area contributed by atoms with E-state index in [0.29, 0.717) is 0 Å². The molecule has 6 heteroatoms. The van der Waals surface area contributed by atoms with Crippen LogP contribution in [-0.4, -0.2) is 12.9 Å². The molecule has 0 saturated carbocycles. The van der Waals surface area contributed by atoms with Crippen LogP contribution in [0.15, 0.2) is 54.1 Å². The Bertz CT molecular complexity index is 804. The molecule has 2 aromatic rings. The van der Waals surface area contributed by atoms with Gasteiger partial charge in [-0.2, -0.15) is 0 Å². The minimum Gasteiger partial charge on any atom is 0 e. The van der Waals surface area contributed by atoms with Gasteiger partial charge in [0.15, 0.2) is 5.78 Å². The number of carbonyl (C=O) groups is 1. The zero-order chi connectivity index (χ0) is 19.9. The average Bonchev–Trinajstić information content (AvgIpc) is 2.75. The molecule has 0 N–H and O–H groups in total. The Morgan fingerprint density at radius 2 is 1.44 bits per heavy atom. The number of Topliss-reactive ketones (excluding diaryl/α,β-unsaturated/α-hetero) is 1. The molecular formula is C21H16CrO5. The van der Waals surface area contributed by atoms with Crippen LogP contribution < -0.4 is 4.74 Å². The Balaban J connectivity index is 0. The van der Waals surface area contributed by atoms with E-state index in [1.54, 1.807) is 7.11 Å². The van der Waals surface area contributed by atoms with Gasteiger partial charge in [0.25, 0.3) is 0 Å². The number of fused-ring (bicyclic) bond motifs is 1. The van der Waals surface area contributed by atoms with Crippen LogP contribution in [0, 0.1) is 20.0 Å². The number of hydrogen-bond donors (Lipinski definition) is 0. The Morgan fingerprint density at radius 1 is 0.889 bits per heavy atom. The summed E-state index contributed by atoms with van der Waals surface area (Å²) in [7, 11) is 1.65. The molecule has 0 aromatic heterocycles. The van der Waals surface area contributed by atoms with E-state index in [9.17, 15) is 4.79 Å². The van der Waals surface area contributed by atoms with Crippen molar-refractivity contribution >= 4 is 11.9 Å². The van der Waals surface area contributed by atoms with Crippen molar-refractivity contribution in [3.8, 4) is 5.75 Å². The number of benzene rings is 2. The monoisotopic (exact) mass is 400 g/mol. The number of ketones is 1. The molecule has 0 aliphatic heterocycles.